The number of anilines is 1. The molecule has 0 fully saturated rings. The minimum atomic E-state index is -0.770. The Morgan fingerprint density at radius 2 is 2.19 bits per heavy atom. The quantitative estimate of drug-likeness (QED) is 0.769. The van der Waals surface area contributed by atoms with Crippen LogP contribution in [0.15, 0.2) is 16.6 Å². The third-order valence-corrected chi connectivity index (χ3v) is 3.14. The van der Waals surface area contributed by atoms with Gasteiger partial charge in [-0.15, -0.1) is 0 Å². The van der Waals surface area contributed by atoms with Gasteiger partial charge in [0.25, 0.3) is 0 Å². The third kappa shape index (κ3) is 3.10. The number of hydrogen-bond acceptors (Lipinski definition) is 4. The average molecular weight is 290 g/mol. The van der Waals surface area contributed by atoms with Crippen molar-refractivity contribution in [1.82, 2.24) is 0 Å². The van der Waals surface area contributed by atoms with Crippen LogP contribution in [0.3, 0.4) is 0 Å². The van der Waals surface area contributed by atoms with Gasteiger partial charge in [0, 0.05) is 16.6 Å². The van der Waals surface area contributed by atoms with E-state index < -0.39 is 6.10 Å². The fourth-order valence-corrected chi connectivity index (χ4v) is 1.67. The van der Waals surface area contributed by atoms with Crippen LogP contribution in [0.2, 0.25) is 0 Å². The number of benzene rings is 1. The number of rotatable bonds is 5. The lowest BCUT2D eigenvalue weighted by molar-refractivity contribution is 0.105. The summed E-state index contributed by atoms with van der Waals surface area (Å²) < 4.78 is 6.26. The summed E-state index contributed by atoms with van der Waals surface area (Å²) in [4.78, 5) is 0. The van der Waals surface area contributed by atoms with E-state index in [0.29, 0.717) is 0 Å². The molecule has 0 bridgehead atoms. The van der Waals surface area contributed by atoms with E-state index in [9.17, 15) is 5.11 Å². The van der Waals surface area contributed by atoms with Crippen LogP contribution in [-0.2, 0) is 0 Å². The first-order valence-electron chi connectivity index (χ1n) is 4.96. The summed E-state index contributed by atoms with van der Waals surface area (Å²) >= 11 is 3.42. The van der Waals surface area contributed by atoms with Crippen LogP contribution in [0.5, 0.6) is 5.75 Å². The second kappa shape index (κ2) is 6.08. The topological polar surface area (TPSA) is 61.7 Å². The summed E-state index contributed by atoms with van der Waals surface area (Å²) in [6.45, 7) is 1.97. The molecule has 1 atom stereocenters. The van der Waals surface area contributed by atoms with Crippen LogP contribution in [0.4, 0.5) is 5.69 Å². The second-order valence-electron chi connectivity index (χ2n) is 3.47. The van der Waals surface area contributed by atoms with Gasteiger partial charge in [0.05, 0.1) is 25.5 Å². The molecule has 1 unspecified atom stereocenters. The summed E-state index contributed by atoms with van der Waals surface area (Å²) in [6, 6.07) is 3.77. The molecule has 0 saturated carbocycles. The van der Waals surface area contributed by atoms with Crippen molar-refractivity contribution >= 4 is 21.6 Å². The molecule has 0 aliphatic heterocycles. The zero-order chi connectivity index (χ0) is 12.1. The van der Waals surface area contributed by atoms with E-state index in [1.807, 2.05) is 19.1 Å². The van der Waals surface area contributed by atoms with Crippen molar-refractivity contribution in [3.8, 4) is 5.75 Å². The molecule has 1 aromatic carbocycles. The van der Waals surface area contributed by atoms with Gasteiger partial charge in [0.2, 0.25) is 0 Å². The van der Waals surface area contributed by atoms with Crippen LogP contribution >= 0.6 is 15.9 Å². The predicted octanol–water partition coefficient (Wildman–Crippen LogP) is 1.53. The first-order chi connectivity index (χ1) is 7.60. The molecule has 0 spiro atoms. The Balaban J connectivity index is 2.84. The van der Waals surface area contributed by atoms with Gasteiger partial charge in [0.1, 0.15) is 5.75 Å². The molecule has 1 rings (SSSR count). The van der Waals surface area contributed by atoms with Crippen molar-refractivity contribution in [2.45, 2.75) is 13.0 Å². The lowest BCUT2D eigenvalue weighted by atomic mass is 10.2. The first-order valence-corrected chi connectivity index (χ1v) is 5.75. The Hall–Kier alpha value is -0.780. The van der Waals surface area contributed by atoms with Crippen molar-refractivity contribution < 1.29 is 14.9 Å². The van der Waals surface area contributed by atoms with Gasteiger partial charge in [-0.05, 0) is 19.1 Å². The Labute approximate surface area is 103 Å². The molecule has 5 heteroatoms. The van der Waals surface area contributed by atoms with Crippen LogP contribution in [-0.4, -0.2) is 36.6 Å². The number of nitrogens with one attached hydrogen (secondary N) is 1. The van der Waals surface area contributed by atoms with Gasteiger partial charge < -0.3 is 20.3 Å². The Kier molecular flexibility index (Phi) is 5.05. The summed E-state index contributed by atoms with van der Waals surface area (Å²) in [5.74, 6) is 0.736. The smallest absolute Gasteiger partial charge is 0.145 e. The van der Waals surface area contributed by atoms with E-state index in [1.165, 1.54) is 0 Å². The maximum Gasteiger partial charge on any atom is 0.145 e. The van der Waals surface area contributed by atoms with Crippen molar-refractivity contribution in [3.63, 3.8) is 0 Å². The minimum absolute atomic E-state index is 0.259. The van der Waals surface area contributed by atoms with Crippen molar-refractivity contribution in [2.24, 2.45) is 0 Å². The van der Waals surface area contributed by atoms with Crippen molar-refractivity contribution in [1.29, 1.82) is 0 Å². The van der Waals surface area contributed by atoms with Gasteiger partial charge >= 0.3 is 0 Å². The Morgan fingerprint density at radius 1 is 1.50 bits per heavy atom. The normalized spacial score (nSPS) is 12.3. The number of ether oxygens (including phenoxy) is 1. The highest BCUT2D eigenvalue weighted by Gasteiger charge is 2.10. The molecule has 90 valence electrons. The predicted molar refractivity (Wildman–Crippen MR) is 67.0 cm³/mol. The number of aliphatic hydroxyl groups is 2. The highest BCUT2D eigenvalue weighted by molar-refractivity contribution is 9.10. The lowest BCUT2D eigenvalue weighted by Crippen LogP contribution is -2.23. The number of methoxy groups -OCH3 is 1. The maximum absolute atomic E-state index is 9.24. The van der Waals surface area contributed by atoms with E-state index in [2.05, 4.69) is 21.2 Å². The molecule has 0 aromatic heterocycles. The van der Waals surface area contributed by atoms with Crippen LogP contribution < -0.4 is 10.1 Å². The van der Waals surface area contributed by atoms with E-state index in [-0.39, 0.29) is 13.2 Å². The van der Waals surface area contributed by atoms with Gasteiger partial charge in [0.15, 0.2) is 0 Å². The average Bonchev–Trinajstić information content (AvgIpc) is 2.30. The van der Waals surface area contributed by atoms with Gasteiger partial charge in [-0.1, -0.05) is 15.9 Å². The summed E-state index contributed by atoms with van der Waals surface area (Å²) in [5.41, 5.74) is 1.79. The molecule has 4 nitrogen and oxygen atoms in total. The molecule has 0 heterocycles. The van der Waals surface area contributed by atoms with Gasteiger partial charge in [-0.3, -0.25) is 0 Å². The zero-order valence-corrected chi connectivity index (χ0v) is 10.9. The summed E-state index contributed by atoms with van der Waals surface area (Å²) in [6.07, 6.45) is -0.770. The number of aliphatic hydroxyl groups excluding tert-OH is 2. The van der Waals surface area contributed by atoms with Crippen molar-refractivity contribution in [3.05, 3.63) is 22.2 Å². The highest BCUT2D eigenvalue weighted by Crippen LogP contribution is 2.33. The highest BCUT2D eigenvalue weighted by atomic mass is 79.9. The van der Waals surface area contributed by atoms with Crippen molar-refractivity contribution in [2.75, 3.05) is 25.6 Å². The molecule has 0 saturated heterocycles. The Morgan fingerprint density at radius 3 is 2.75 bits per heavy atom. The maximum atomic E-state index is 9.24. The van der Waals surface area contributed by atoms with Gasteiger partial charge in [-0.2, -0.15) is 0 Å². The molecule has 3 N–H and O–H groups in total. The fraction of sp³-hybridized carbons (Fsp3) is 0.455. The fourth-order valence-electron chi connectivity index (χ4n) is 1.36. The third-order valence-electron chi connectivity index (χ3n) is 2.28. The molecular formula is C11H16BrNO3. The monoisotopic (exact) mass is 289 g/mol. The SMILES string of the molecule is COc1c(NCC(O)CO)ccc(Br)c1C. The molecular weight excluding hydrogens is 274 g/mol. The van der Waals surface area contributed by atoms with E-state index in [1.54, 1.807) is 7.11 Å². The van der Waals surface area contributed by atoms with E-state index in [0.717, 1.165) is 21.5 Å². The number of hydrogen-bond donors (Lipinski definition) is 3. The standard InChI is InChI=1S/C11H16BrNO3/c1-7-9(12)3-4-10(11(7)16-2)13-5-8(15)6-14/h3-4,8,13-15H,5-6H2,1-2H3. The van der Waals surface area contributed by atoms with E-state index in [4.69, 9.17) is 9.84 Å². The molecule has 0 aliphatic rings. The van der Waals surface area contributed by atoms with Crippen LogP contribution in [0.25, 0.3) is 0 Å². The van der Waals surface area contributed by atoms with Crippen LogP contribution in [0.1, 0.15) is 5.56 Å². The molecule has 0 amide bonds. The number of halogens is 1. The van der Waals surface area contributed by atoms with Crippen LogP contribution in [0, 0.1) is 6.92 Å². The molecule has 0 radical (unpaired) electrons. The largest absolute Gasteiger partial charge is 0.494 e. The molecule has 16 heavy (non-hydrogen) atoms. The summed E-state index contributed by atoms with van der Waals surface area (Å²) in [7, 11) is 1.60. The zero-order valence-electron chi connectivity index (χ0n) is 9.33. The van der Waals surface area contributed by atoms with E-state index >= 15 is 0 Å². The molecule has 1 aromatic rings. The lowest BCUT2D eigenvalue weighted by Gasteiger charge is -2.15. The summed E-state index contributed by atoms with van der Waals surface area (Å²) in [5, 5.41) is 21.0. The second-order valence-corrected chi connectivity index (χ2v) is 4.32. The minimum Gasteiger partial charge on any atom is -0.494 e. The van der Waals surface area contributed by atoms with Gasteiger partial charge in [-0.25, -0.2) is 0 Å². The molecule has 0 aliphatic carbocycles. The first kappa shape index (κ1) is 13.3. The Bertz CT molecular complexity index is 357.